The summed E-state index contributed by atoms with van der Waals surface area (Å²) >= 11 is 0. The third kappa shape index (κ3) is 3.24. The molecule has 2 aromatic rings. The topological polar surface area (TPSA) is 99.3 Å². The number of carbonyl (C=O) groups excluding carboxylic acids is 4. The molecule has 1 aliphatic rings. The Hall–Kier alpha value is -3.29. The van der Waals surface area contributed by atoms with Crippen LogP contribution in [-0.2, 0) is 10.3 Å². The molecule has 152 valence electrons. The second-order valence-electron chi connectivity index (χ2n) is 7.19. The highest BCUT2D eigenvalue weighted by Gasteiger charge is 2.51. The van der Waals surface area contributed by atoms with Crippen LogP contribution < -0.4 is 5.32 Å². The van der Waals surface area contributed by atoms with Gasteiger partial charge in [-0.2, -0.15) is 0 Å². The Kier molecular flexibility index (Phi) is 5.13. The number of urea groups is 1. The summed E-state index contributed by atoms with van der Waals surface area (Å²) in [7, 11) is 0. The minimum absolute atomic E-state index is 0.174. The molecular formula is C21H22FN3O4. The lowest BCUT2D eigenvalue weighted by molar-refractivity contribution is -0.131. The number of imide groups is 1. The van der Waals surface area contributed by atoms with Gasteiger partial charge in [0.05, 0.1) is 12.2 Å². The Labute approximate surface area is 167 Å². The molecule has 8 heteroatoms. The zero-order valence-electron chi connectivity index (χ0n) is 16.7. The number of rotatable bonds is 6. The van der Waals surface area contributed by atoms with Crippen LogP contribution in [0.5, 0.6) is 0 Å². The molecule has 3 amide bonds. The molecule has 0 aliphatic carbocycles. The smallest absolute Gasteiger partial charge is 0.325 e. The van der Waals surface area contributed by atoms with Crippen LogP contribution >= 0.6 is 0 Å². The molecule has 1 saturated heterocycles. The Morgan fingerprint density at radius 2 is 1.76 bits per heavy atom. The number of aryl methyl sites for hydroxylation is 1. The van der Waals surface area contributed by atoms with Gasteiger partial charge < -0.3 is 10.3 Å². The molecule has 0 spiro atoms. The number of benzene rings is 1. The van der Waals surface area contributed by atoms with Crippen molar-refractivity contribution in [3.05, 3.63) is 58.2 Å². The number of aromatic amines is 1. The molecule has 0 saturated carbocycles. The highest BCUT2D eigenvalue weighted by atomic mass is 19.1. The molecule has 2 N–H and O–H groups in total. The van der Waals surface area contributed by atoms with Crippen LogP contribution in [0.15, 0.2) is 24.3 Å². The molecule has 0 radical (unpaired) electrons. The largest absolute Gasteiger partial charge is 0.355 e. The Morgan fingerprint density at radius 3 is 2.28 bits per heavy atom. The Bertz CT molecular complexity index is 1030. The van der Waals surface area contributed by atoms with Crippen LogP contribution in [0.1, 0.15) is 57.9 Å². The molecule has 1 fully saturated rings. The Morgan fingerprint density at radius 1 is 1.14 bits per heavy atom. The quantitative estimate of drug-likeness (QED) is 0.576. The Balaban J connectivity index is 1.91. The fraction of sp³-hybridized carbons (Fsp3) is 0.333. The maximum absolute atomic E-state index is 13.3. The van der Waals surface area contributed by atoms with Crippen LogP contribution in [-0.4, -0.2) is 39.9 Å². The fourth-order valence-corrected chi connectivity index (χ4v) is 3.92. The summed E-state index contributed by atoms with van der Waals surface area (Å²) < 4.78 is 13.3. The number of halogens is 1. The van der Waals surface area contributed by atoms with Gasteiger partial charge in [0.2, 0.25) is 0 Å². The number of nitrogens with zero attached hydrogens (tertiary/aromatic N) is 1. The summed E-state index contributed by atoms with van der Waals surface area (Å²) in [6.07, 6.45) is 0.239. The van der Waals surface area contributed by atoms with Crippen molar-refractivity contribution in [2.24, 2.45) is 0 Å². The minimum Gasteiger partial charge on any atom is -0.355 e. The third-order valence-corrected chi connectivity index (χ3v) is 5.41. The van der Waals surface area contributed by atoms with Crippen LogP contribution in [0.25, 0.3) is 0 Å². The van der Waals surface area contributed by atoms with Gasteiger partial charge in [-0.1, -0.05) is 19.1 Å². The van der Waals surface area contributed by atoms with E-state index in [1.54, 1.807) is 20.8 Å². The van der Waals surface area contributed by atoms with E-state index in [1.807, 2.05) is 0 Å². The van der Waals surface area contributed by atoms with Crippen molar-refractivity contribution in [1.82, 2.24) is 15.2 Å². The highest BCUT2D eigenvalue weighted by Crippen LogP contribution is 2.33. The number of Topliss-reactive ketones (excluding diaryl/α,β-unsaturated/α-hetero) is 2. The molecule has 1 aromatic carbocycles. The predicted octanol–water partition coefficient (Wildman–Crippen LogP) is 3.01. The summed E-state index contributed by atoms with van der Waals surface area (Å²) in [6.45, 7) is 6.00. The van der Waals surface area contributed by atoms with E-state index >= 15 is 0 Å². The van der Waals surface area contributed by atoms with Crippen LogP contribution in [0.2, 0.25) is 0 Å². The number of carbonyl (C=O) groups is 4. The molecule has 0 unspecified atom stereocenters. The van der Waals surface area contributed by atoms with Crippen molar-refractivity contribution in [3.63, 3.8) is 0 Å². The SMILES string of the molecule is CC[C@]1(c2ccc(F)cc2)NC(=O)N(CC(=O)c2[nH]c(C)c(C(C)=O)c2C)C1=O. The lowest BCUT2D eigenvalue weighted by Crippen LogP contribution is -2.43. The van der Waals surface area contributed by atoms with E-state index in [1.165, 1.54) is 31.2 Å². The van der Waals surface area contributed by atoms with Gasteiger partial charge in [-0.25, -0.2) is 9.18 Å². The normalized spacial score (nSPS) is 18.9. The monoisotopic (exact) mass is 399 g/mol. The summed E-state index contributed by atoms with van der Waals surface area (Å²) in [6, 6.07) is 4.63. The van der Waals surface area contributed by atoms with Gasteiger partial charge >= 0.3 is 6.03 Å². The van der Waals surface area contributed by atoms with Gasteiger partial charge in [-0.15, -0.1) is 0 Å². The number of H-pyrrole nitrogens is 1. The minimum atomic E-state index is -1.35. The van der Waals surface area contributed by atoms with E-state index in [-0.39, 0.29) is 17.9 Å². The zero-order chi connectivity index (χ0) is 21.5. The van der Waals surface area contributed by atoms with Gasteiger partial charge in [-0.3, -0.25) is 19.3 Å². The summed E-state index contributed by atoms with van der Waals surface area (Å²) in [5.41, 5.74) is 0.775. The second kappa shape index (κ2) is 7.27. The van der Waals surface area contributed by atoms with Crippen molar-refractivity contribution in [2.75, 3.05) is 6.54 Å². The molecule has 0 bridgehead atoms. The lowest BCUT2D eigenvalue weighted by Gasteiger charge is -2.25. The molecule has 1 aromatic heterocycles. The molecule has 2 heterocycles. The van der Waals surface area contributed by atoms with Crippen molar-refractivity contribution in [1.29, 1.82) is 0 Å². The first kappa shape index (κ1) is 20.4. The van der Waals surface area contributed by atoms with Crippen LogP contribution in [0.3, 0.4) is 0 Å². The standard InChI is InChI=1S/C21H22FN3O4/c1-5-21(14-6-8-15(22)9-7-14)19(28)25(20(29)24-21)10-16(27)18-11(2)17(13(4)26)12(3)23-18/h6-9,23H,5,10H2,1-4H3,(H,24,29)/t21-/m1/s1. The molecule has 1 aliphatic heterocycles. The van der Waals surface area contributed by atoms with E-state index in [9.17, 15) is 23.6 Å². The predicted molar refractivity (Wildman–Crippen MR) is 103 cm³/mol. The van der Waals surface area contributed by atoms with E-state index in [0.29, 0.717) is 22.4 Å². The van der Waals surface area contributed by atoms with E-state index < -0.39 is 35.6 Å². The van der Waals surface area contributed by atoms with Crippen molar-refractivity contribution < 1.29 is 23.6 Å². The van der Waals surface area contributed by atoms with E-state index in [0.717, 1.165) is 4.90 Å². The average Bonchev–Trinajstić information content (AvgIpc) is 3.10. The third-order valence-electron chi connectivity index (χ3n) is 5.41. The summed E-state index contributed by atoms with van der Waals surface area (Å²) in [4.78, 5) is 54.0. The molecule has 3 rings (SSSR count). The lowest BCUT2D eigenvalue weighted by atomic mass is 9.87. The highest BCUT2D eigenvalue weighted by molar-refractivity contribution is 6.12. The number of amides is 3. The van der Waals surface area contributed by atoms with Gasteiger partial charge in [0, 0.05) is 11.3 Å². The molecular weight excluding hydrogens is 377 g/mol. The summed E-state index contributed by atoms with van der Waals surface area (Å²) in [5, 5.41) is 2.66. The number of ketones is 2. The van der Waals surface area contributed by atoms with E-state index in [2.05, 4.69) is 10.3 Å². The average molecular weight is 399 g/mol. The summed E-state index contributed by atoms with van der Waals surface area (Å²) in [5.74, 6) is -1.68. The first-order chi connectivity index (χ1) is 13.6. The maximum atomic E-state index is 13.3. The van der Waals surface area contributed by atoms with Crippen LogP contribution in [0, 0.1) is 19.7 Å². The second-order valence-corrected chi connectivity index (χ2v) is 7.19. The van der Waals surface area contributed by atoms with Crippen molar-refractivity contribution >= 4 is 23.5 Å². The van der Waals surface area contributed by atoms with Crippen molar-refractivity contribution in [3.8, 4) is 0 Å². The zero-order valence-corrected chi connectivity index (χ0v) is 16.7. The van der Waals surface area contributed by atoms with E-state index in [4.69, 9.17) is 0 Å². The fourth-order valence-electron chi connectivity index (χ4n) is 3.92. The van der Waals surface area contributed by atoms with Gasteiger partial charge in [0.1, 0.15) is 11.4 Å². The molecule has 7 nitrogen and oxygen atoms in total. The number of hydrogen-bond donors (Lipinski definition) is 2. The first-order valence-corrected chi connectivity index (χ1v) is 9.25. The van der Waals surface area contributed by atoms with Gasteiger partial charge in [0.15, 0.2) is 11.6 Å². The van der Waals surface area contributed by atoms with Gasteiger partial charge in [-0.05, 0) is 50.5 Å². The molecule has 29 heavy (non-hydrogen) atoms. The number of aromatic nitrogens is 1. The van der Waals surface area contributed by atoms with Crippen LogP contribution in [0.4, 0.5) is 9.18 Å². The first-order valence-electron chi connectivity index (χ1n) is 9.25. The van der Waals surface area contributed by atoms with Crippen molar-refractivity contribution in [2.45, 2.75) is 39.7 Å². The number of hydrogen-bond acceptors (Lipinski definition) is 4. The van der Waals surface area contributed by atoms with Gasteiger partial charge in [0.25, 0.3) is 5.91 Å². The molecule has 1 atom stereocenters. The number of nitrogens with one attached hydrogen (secondary N) is 2. The maximum Gasteiger partial charge on any atom is 0.325 e.